The van der Waals surface area contributed by atoms with Crippen LogP contribution in [0.2, 0.25) is 0 Å². The van der Waals surface area contributed by atoms with Crippen molar-refractivity contribution in [3.05, 3.63) is 35.9 Å². The van der Waals surface area contributed by atoms with Gasteiger partial charge < -0.3 is 5.32 Å². The van der Waals surface area contributed by atoms with Gasteiger partial charge in [0.25, 0.3) is 0 Å². The summed E-state index contributed by atoms with van der Waals surface area (Å²) in [5, 5.41) is 3.04. The molecule has 0 aromatic heterocycles. The van der Waals surface area contributed by atoms with Crippen LogP contribution in [-0.4, -0.2) is 27.3 Å². The molecule has 0 amide bonds. The van der Waals surface area contributed by atoms with E-state index in [1.807, 2.05) is 44.3 Å². The van der Waals surface area contributed by atoms with E-state index in [-0.39, 0.29) is 17.5 Å². The molecule has 0 spiro atoms. The van der Waals surface area contributed by atoms with Crippen molar-refractivity contribution in [2.24, 2.45) is 0 Å². The van der Waals surface area contributed by atoms with E-state index in [0.717, 1.165) is 5.56 Å². The maximum Gasteiger partial charge on any atom is 0.154 e. The average Bonchev–Trinajstić information content (AvgIpc) is 2.27. The number of sulfone groups is 1. The Morgan fingerprint density at radius 1 is 1.25 bits per heavy atom. The third-order valence-corrected chi connectivity index (χ3v) is 4.21. The van der Waals surface area contributed by atoms with Gasteiger partial charge in [-0.05, 0) is 26.0 Å². The molecule has 0 heterocycles. The molecule has 0 aliphatic rings. The lowest BCUT2D eigenvalue weighted by Crippen LogP contribution is -2.24. The quantitative estimate of drug-likeness (QED) is 0.823. The second kappa shape index (κ2) is 6.01. The summed E-state index contributed by atoms with van der Waals surface area (Å²) < 4.78 is 23.6. The molecule has 4 heteroatoms. The standard InChI is InChI=1S/C12H19NO2S/c1-11(13-2)8-9-16(14,15)10-12-6-4-3-5-7-12/h3-7,11,13H,8-10H2,1-2H3. The van der Waals surface area contributed by atoms with E-state index in [1.54, 1.807) is 0 Å². The fourth-order valence-electron chi connectivity index (χ4n) is 1.40. The Balaban J connectivity index is 2.53. The van der Waals surface area contributed by atoms with Crippen molar-refractivity contribution in [3.63, 3.8) is 0 Å². The van der Waals surface area contributed by atoms with Crippen molar-refractivity contribution in [1.82, 2.24) is 5.32 Å². The van der Waals surface area contributed by atoms with Crippen molar-refractivity contribution in [2.45, 2.75) is 25.1 Å². The maximum atomic E-state index is 11.8. The van der Waals surface area contributed by atoms with E-state index in [4.69, 9.17) is 0 Å². The van der Waals surface area contributed by atoms with Crippen LogP contribution in [0.5, 0.6) is 0 Å². The Bertz CT molecular complexity index is 400. The normalized spacial score (nSPS) is 13.6. The zero-order chi connectivity index (χ0) is 12.0. The SMILES string of the molecule is CNC(C)CCS(=O)(=O)Cc1ccccc1. The van der Waals surface area contributed by atoms with Gasteiger partial charge in [0.05, 0.1) is 11.5 Å². The van der Waals surface area contributed by atoms with Crippen molar-refractivity contribution in [3.8, 4) is 0 Å². The van der Waals surface area contributed by atoms with E-state index in [1.165, 1.54) is 0 Å². The highest BCUT2D eigenvalue weighted by molar-refractivity contribution is 7.90. The summed E-state index contributed by atoms with van der Waals surface area (Å²) in [6.07, 6.45) is 0.658. The van der Waals surface area contributed by atoms with E-state index in [2.05, 4.69) is 5.32 Å². The summed E-state index contributed by atoms with van der Waals surface area (Å²) in [6.45, 7) is 1.98. The van der Waals surface area contributed by atoms with Crippen LogP contribution in [-0.2, 0) is 15.6 Å². The monoisotopic (exact) mass is 241 g/mol. The zero-order valence-electron chi connectivity index (χ0n) is 9.81. The molecule has 1 aromatic rings. The average molecular weight is 241 g/mol. The highest BCUT2D eigenvalue weighted by Gasteiger charge is 2.13. The van der Waals surface area contributed by atoms with Crippen LogP contribution in [0.15, 0.2) is 30.3 Å². The van der Waals surface area contributed by atoms with Gasteiger partial charge in [0, 0.05) is 6.04 Å². The summed E-state index contributed by atoms with van der Waals surface area (Å²) in [7, 11) is -1.14. The summed E-state index contributed by atoms with van der Waals surface area (Å²) in [5.41, 5.74) is 0.861. The lowest BCUT2D eigenvalue weighted by molar-refractivity contribution is 0.565. The molecule has 1 N–H and O–H groups in total. The molecule has 0 aliphatic heterocycles. The van der Waals surface area contributed by atoms with Gasteiger partial charge in [-0.3, -0.25) is 0 Å². The van der Waals surface area contributed by atoms with Crippen molar-refractivity contribution < 1.29 is 8.42 Å². The van der Waals surface area contributed by atoms with Crippen LogP contribution < -0.4 is 5.32 Å². The predicted molar refractivity (Wildman–Crippen MR) is 67.1 cm³/mol. The second-order valence-corrected chi connectivity index (χ2v) is 6.24. The number of hydrogen-bond acceptors (Lipinski definition) is 3. The predicted octanol–water partition coefficient (Wildman–Crippen LogP) is 1.60. The largest absolute Gasteiger partial charge is 0.317 e. The first-order chi connectivity index (χ1) is 7.53. The molecule has 0 saturated heterocycles. The summed E-state index contributed by atoms with van der Waals surface area (Å²) >= 11 is 0. The molecule has 1 atom stereocenters. The highest BCUT2D eigenvalue weighted by atomic mass is 32.2. The van der Waals surface area contributed by atoms with Gasteiger partial charge >= 0.3 is 0 Å². The third-order valence-electron chi connectivity index (χ3n) is 2.58. The minimum Gasteiger partial charge on any atom is -0.317 e. The van der Waals surface area contributed by atoms with Crippen LogP contribution in [0.25, 0.3) is 0 Å². The minimum absolute atomic E-state index is 0.143. The summed E-state index contributed by atoms with van der Waals surface area (Å²) in [6, 6.07) is 9.55. The summed E-state index contributed by atoms with van der Waals surface area (Å²) in [5.74, 6) is 0.383. The van der Waals surface area contributed by atoms with E-state index >= 15 is 0 Å². The molecule has 0 fully saturated rings. The third kappa shape index (κ3) is 4.77. The van der Waals surface area contributed by atoms with E-state index in [9.17, 15) is 8.42 Å². The fraction of sp³-hybridized carbons (Fsp3) is 0.500. The first kappa shape index (κ1) is 13.2. The smallest absolute Gasteiger partial charge is 0.154 e. The van der Waals surface area contributed by atoms with Crippen molar-refractivity contribution in [2.75, 3.05) is 12.8 Å². The molecular weight excluding hydrogens is 222 g/mol. The Labute approximate surface area is 97.8 Å². The van der Waals surface area contributed by atoms with Crippen LogP contribution in [0.1, 0.15) is 18.9 Å². The van der Waals surface area contributed by atoms with Crippen LogP contribution in [0.3, 0.4) is 0 Å². The second-order valence-electron chi connectivity index (χ2n) is 4.06. The van der Waals surface area contributed by atoms with Gasteiger partial charge in [0.2, 0.25) is 0 Å². The lowest BCUT2D eigenvalue weighted by atomic mass is 10.2. The number of rotatable bonds is 6. The van der Waals surface area contributed by atoms with Gasteiger partial charge in [-0.15, -0.1) is 0 Å². The Morgan fingerprint density at radius 3 is 2.44 bits per heavy atom. The van der Waals surface area contributed by atoms with Gasteiger partial charge in [0.15, 0.2) is 9.84 Å². The topological polar surface area (TPSA) is 46.2 Å². The first-order valence-electron chi connectivity index (χ1n) is 5.45. The fourth-order valence-corrected chi connectivity index (χ4v) is 2.96. The molecule has 0 saturated carbocycles. The number of hydrogen-bond donors (Lipinski definition) is 1. The maximum absolute atomic E-state index is 11.8. The molecule has 0 aliphatic carbocycles. The lowest BCUT2D eigenvalue weighted by Gasteiger charge is -2.10. The Hall–Kier alpha value is -0.870. The molecular formula is C12H19NO2S. The molecule has 90 valence electrons. The Morgan fingerprint density at radius 2 is 1.88 bits per heavy atom. The van der Waals surface area contributed by atoms with Gasteiger partial charge in [-0.2, -0.15) is 0 Å². The van der Waals surface area contributed by atoms with Crippen molar-refractivity contribution >= 4 is 9.84 Å². The molecule has 0 bridgehead atoms. The van der Waals surface area contributed by atoms with E-state index in [0.29, 0.717) is 6.42 Å². The first-order valence-corrected chi connectivity index (χ1v) is 7.27. The molecule has 1 aromatic carbocycles. The van der Waals surface area contributed by atoms with E-state index < -0.39 is 9.84 Å². The van der Waals surface area contributed by atoms with Crippen LogP contribution >= 0.6 is 0 Å². The molecule has 16 heavy (non-hydrogen) atoms. The molecule has 1 rings (SSSR count). The van der Waals surface area contributed by atoms with Crippen molar-refractivity contribution in [1.29, 1.82) is 0 Å². The van der Waals surface area contributed by atoms with Gasteiger partial charge in [-0.1, -0.05) is 30.3 Å². The molecule has 1 unspecified atom stereocenters. The number of nitrogens with one attached hydrogen (secondary N) is 1. The minimum atomic E-state index is -2.98. The van der Waals surface area contributed by atoms with Gasteiger partial charge in [-0.25, -0.2) is 8.42 Å². The molecule has 3 nitrogen and oxygen atoms in total. The highest BCUT2D eigenvalue weighted by Crippen LogP contribution is 2.07. The van der Waals surface area contributed by atoms with Crippen LogP contribution in [0, 0.1) is 0 Å². The van der Waals surface area contributed by atoms with Crippen LogP contribution in [0.4, 0.5) is 0 Å². The molecule has 0 radical (unpaired) electrons. The zero-order valence-corrected chi connectivity index (χ0v) is 10.6. The number of benzene rings is 1. The summed E-state index contributed by atoms with van der Waals surface area (Å²) in [4.78, 5) is 0. The van der Waals surface area contributed by atoms with Gasteiger partial charge in [0.1, 0.15) is 0 Å². The Kier molecular flexibility index (Phi) is 4.96.